The fourth-order valence-corrected chi connectivity index (χ4v) is 2.05. The van der Waals surface area contributed by atoms with Gasteiger partial charge in [-0.15, -0.1) is 0 Å². The zero-order valence-electron chi connectivity index (χ0n) is 11.7. The molecule has 0 bridgehead atoms. The van der Waals surface area contributed by atoms with Crippen LogP contribution in [0.3, 0.4) is 0 Å². The molecule has 19 heavy (non-hydrogen) atoms. The highest BCUT2D eigenvalue weighted by molar-refractivity contribution is 7.98. The molecule has 5 heteroatoms. The Morgan fingerprint density at radius 3 is 2.79 bits per heavy atom. The number of thioether (sulfide) groups is 1. The number of hydrogen-bond donors (Lipinski definition) is 2. The van der Waals surface area contributed by atoms with Crippen molar-refractivity contribution in [2.45, 2.75) is 26.2 Å². The fraction of sp³-hybridized carbons (Fsp3) is 0.571. The molecule has 0 unspecified atom stereocenters. The standard InChI is InChI=1S/C14H23N3OS/c1-3-8-15-13-7-6-12(11-17-13)14(18)16-9-4-5-10-19-2/h6-7,11H,3-5,8-10H2,1-2H3,(H,15,17)(H,16,18). The minimum atomic E-state index is -0.0429. The maximum absolute atomic E-state index is 11.8. The Kier molecular flexibility index (Phi) is 8.05. The van der Waals surface area contributed by atoms with Gasteiger partial charge in [0.25, 0.3) is 5.91 Å². The van der Waals surface area contributed by atoms with Gasteiger partial charge < -0.3 is 10.6 Å². The van der Waals surface area contributed by atoms with Gasteiger partial charge in [0.1, 0.15) is 5.82 Å². The molecular weight excluding hydrogens is 258 g/mol. The topological polar surface area (TPSA) is 54.0 Å². The van der Waals surface area contributed by atoms with E-state index in [1.54, 1.807) is 6.20 Å². The summed E-state index contributed by atoms with van der Waals surface area (Å²) in [6, 6.07) is 3.65. The van der Waals surface area contributed by atoms with Crippen LogP contribution in [-0.4, -0.2) is 36.0 Å². The molecule has 2 N–H and O–H groups in total. The molecule has 1 amide bonds. The number of nitrogens with zero attached hydrogens (tertiary/aromatic N) is 1. The SMILES string of the molecule is CCCNc1ccc(C(=O)NCCCCSC)cn1. The van der Waals surface area contributed by atoms with Crippen LogP contribution in [0.2, 0.25) is 0 Å². The third-order valence-electron chi connectivity index (χ3n) is 2.64. The van der Waals surface area contributed by atoms with Crippen LogP contribution >= 0.6 is 11.8 Å². The third kappa shape index (κ3) is 6.47. The molecule has 1 aromatic heterocycles. The summed E-state index contributed by atoms with van der Waals surface area (Å²) in [4.78, 5) is 16.0. The molecule has 1 rings (SSSR count). The normalized spacial score (nSPS) is 10.2. The molecule has 0 aliphatic heterocycles. The Morgan fingerprint density at radius 1 is 1.32 bits per heavy atom. The highest BCUT2D eigenvalue weighted by Gasteiger charge is 2.05. The number of carbonyl (C=O) groups is 1. The summed E-state index contributed by atoms with van der Waals surface area (Å²) in [7, 11) is 0. The predicted octanol–water partition coefficient (Wildman–Crippen LogP) is 2.78. The van der Waals surface area contributed by atoms with Crippen LogP contribution in [-0.2, 0) is 0 Å². The lowest BCUT2D eigenvalue weighted by Gasteiger charge is -2.06. The van der Waals surface area contributed by atoms with Gasteiger partial charge in [0.2, 0.25) is 0 Å². The van der Waals surface area contributed by atoms with Gasteiger partial charge in [-0.1, -0.05) is 6.92 Å². The maximum Gasteiger partial charge on any atom is 0.252 e. The minimum absolute atomic E-state index is 0.0429. The van der Waals surface area contributed by atoms with Crippen molar-refractivity contribution in [2.24, 2.45) is 0 Å². The molecule has 0 aromatic carbocycles. The van der Waals surface area contributed by atoms with E-state index in [4.69, 9.17) is 0 Å². The molecule has 0 spiro atoms. The fourth-order valence-electron chi connectivity index (χ4n) is 1.56. The molecule has 0 fully saturated rings. The number of aromatic nitrogens is 1. The van der Waals surface area contributed by atoms with E-state index in [2.05, 4.69) is 28.8 Å². The number of rotatable bonds is 9. The Bertz CT molecular complexity index is 367. The quantitative estimate of drug-likeness (QED) is 0.683. The number of amides is 1. The van der Waals surface area contributed by atoms with Crippen molar-refractivity contribution >= 4 is 23.5 Å². The molecule has 0 aliphatic carbocycles. The number of carbonyl (C=O) groups excluding carboxylic acids is 1. The first-order valence-corrected chi connectivity index (χ1v) is 8.14. The number of pyridine rings is 1. The van der Waals surface area contributed by atoms with Crippen LogP contribution in [0.4, 0.5) is 5.82 Å². The van der Waals surface area contributed by atoms with Crippen LogP contribution in [0.5, 0.6) is 0 Å². The van der Waals surface area contributed by atoms with E-state index < -0.39 is 0 Å². The first kappa shape index (κ1) is 15.8. The van der Waals surface area contributed by atoms with Crippen molar-refractivity contribution < 1.29 is 4.79 Å². The van der Waals surface area contributed by atoms with Gasteiger partial charge in [-0.3, -0.25) is 4.79 Å². The minimum Gasteiger partial charge on any atom is -0.370 e. The number of unbranched alkanes of at least 4 members (excludes halogenated alkanes) is 1. The number of hydrogen-bond acceptors (Lipinski definition) is 4. The van der Waals surface area contributed by atoms with Crippen molar-refractivity contribution in [1.29, 1.82) is 0 Å². The lowest BCUT2D eigenvalue weighted by Crippen LogP contribution is -2.24. The Morgan fingerprint density at radius 2 is 2.16 bits per heavy atom. The second kappa shape index (κ2) is 9.67. The molecule has 0 saturated heterocycles. The molecule has 106 valence electrons. The van der Waals surface area contributed by atoms with E-state index in [9.17, 15) is 4.79 Å². The second-order valence-corrected chi connectivity index (χ2v) is 5.30. The van der Waals surface area contributed by atoms with Gasteiger partial charge in [0, 0.05) is 19.3 Å². The molecule has 0 saturated carbocycles. The lowest BCUT2D eigenvalue weighted by molar-refractivity contribution is 0.0953. The first-order valence-electron chi connectivity index (χ1n) is 6.75. The molecule has 4 nitrogen and oxygen atoms in total. The van der Waals surface area contributed by atoms with E-state index in [1.807, 2.05) is 23.9 Å². The highest BCUT2D eigenvalue weighted by Crippen LogP contribution is 2.05. The average Bonchev–Trinajstić information content (AvgIpc) is 2.45. The number of anilines is 1. The summed E-state index contributed by atoms with van der Waals surface area (Å²) in [6.45, 7) is 3.73. The van der Waals surface area contributed by atoms with Gasteiger partial charge in [0.15, 0.2) is 0 Å². The van der Waals surface area contributed by atoms with Gasteiger partial charge in [-0.2, -0.15) is 11.8 Å². The van der Waals surface area contributed by atoms with Crippen LogP contribution < -0.4 is 10.6 Å². The predicted molar refractivity (Wildman–Crippen MR) is 83.0 cm³/mol. The van der Waals surface area contributed by atoms with Crippen molar-refractivity contribution in [1.82, 2.24) is 10.3 Å². The maximum atomic E-state index is 11.8. The van der Waals surface area contributed by atoms with Gasteiger partial charge in [0.05, 0.1) is 5.56 Å². The van der Waals surface area contributed by atoms with E-state index >= 15 is 0 Å². The highest BCUT2D eigenvalue weighted by atomic mass is 32.2. The van der Waals surface area contributed by atoms with Crippen molar-refractivity contribution in [3.63, 3.8) is 0 Å². The smallest absolute Gasteiger partial charge is 0.252 e. The molecule has 0 aliphatic rings. The Hall–Kier alpha value is -1.23. The summed E-state index contributed by atoms with van der Waals surface area (Å²) in [6.07, 6.45) is 6.93. The van der Waals surface area contributed by atoms with Crippen LogP contribution in [0.15, 0.2) is 18.3 Å². The summed E-state index contributed by atoms with van der Waals surface area (Å²) < 4.78 is 0. The van der Waals surface area contributed by atoms with Crippen molar-refractivity contribution in [3.8, 4) is 0 Å². The zero-order chi connectivity index (χ0) is 13.9. The summed E-state index contributed by atoms with van der Waals surface area (Å²) in [5.41, 5.74) is 0.618. The molecule has 1 heterocycles. The first-order chi connectivity index (χ1) is 9.27. The van der Waals surface area contributed by atoms with Gasteiger partial charge >= 0.3 is 0 Å². The number of nitrogens with one attached hydrogen (secondary N) is 2. The molecular formula is C14H23N3OS. The third-order valence-corrected chi connectivity index (χ3v) is 3.34. The van der Waals surface area contributed by atoms with E-state index in [-0.39, 0.29) is 5.91 Å². The Labute approximate surface area is 119 Å². The zero-order valence-corrected chi connectivity index (χ0v) is 12.6. The van der Waals surface area contributed by atoms with Crippen molar-refractivity contribution in [2.75, 3.05) is 30.4 Å². The molecule has 1 aromatic rings. The van der Waals surface area contributed by atoms with Gasteiger partial charge in [-0.25, -0.2) is 4.98 Å². The summed E-state index contributed by atoms with van der Waals surface area (Å²) >= 11 is 1.84. The monoisotopic (exact) mass is 281 g/mol. The van der Waals surface area contributed by atoms with Crippen LogP contribution in [0, 0.1) is 0 Å². The second-order valence-electron chi connectivity index (χ2n) is 4.31. The summed E-state index contributed by atoms with van der Waals surface area (Å²) in [5, 5.41) is 6.09. The van der Waals surface area contributed by atoms with Crippen molar-refractivity contribution in [3.05, 3.63) is 23.9 Å². The summed E-state index contributed by atoms with van der Waals surface area (Å²) in [5.74, 6) is 1.92. The van der Waals surface area contributed by atoms with Crippen LogP contribution in [0.25, 0.3) is 0 Å². The molecule has 0 atom stereocenters. The lowest BCUT2D eigenvalue weighted by atomic mass is 10.2. The van der Waals surface area contributed by atoms with Gasteiger partial charge in [-0.05, 0) is 43.4 Å². The van der Waals surface area contributed by atoms with E-state index in [0.717, 1.165) is 43.9 Å². The Balaban J connectivity index is 2.32. The van der Waals surface area contributed by atoms with E-state index in [1.165, 1.54) is 0 Å². The average molecular weight is 281 g/mol. The molecule has 0 radical (unpaired) electrons. The largest absolute Gasteiger partial charge is 0.370 e. The van der Waals surface area contributed by atoms with Crippen LogP contribution in [0.1, 0.15) is 36.5 Å². The van der Waals surface area contributed by atoms with E-state index in [0.29, 0.717) is 5.56 Å².